The number of rotatable bonds is 4. The van der Waals surface area contributed by atoms with E-state index in [4.69, 9.17) is 0 Å². The molecule has 122 valence electrons. The van der Waals surface area contributed by atoms with Crippen LogP contribution >= 0.6 is 0 Å². The molecule has 0 bridgehead atoms. The molecule has 1 saturated heterocycles. The third-order valence-electron chi connectivity index (χ3n) is 5.36. The summed E-state index contributed by atoms with van der Waals surface area (Å²) in [5, 5.41) is 0. The first-order valence-electron chi connectivity index (χ1n) is 7.86. The minimum absolute atomic E-state index is 0.103. The second-order valence-electron chi connectivity index (χ2n) is 6.47. The van der Waals surface area contributed by atoms with E-state index in [1.807, 2.05) is 0 Å². The molecule has 0 N–H and O–H groups in total. The molecule has 2 rings (SSSR count). The fourth-order valence-electron chi connectivity index (χ4n) is 3.82. The van der Waals surface area contributed by atoms with Gasteiger partial charge in [-0.2, -0.15) is 0 Å². The van der Waals surface area contributed by atoms with E-state index in [2.05, 4.69) is 0 Å². The Morgan fingerprint density at radius 2 is 1.77 bits per heavy atom. The quantitative estimate of drug-likeness (QED) is 0.573. The number of Topliss-reactive ketones (excluding diaryl/α,β-unsaturated/α-hetero) is 1. The lowest BCUT2D eigenvalue weighted by atomic mass is 9.63. The summed E-state index contributed by atoms with van der Waals surface area (Å²) in [5.74, 6) is -0.688. The van der Waals surface area contributed by atoms with Crippen molar-refractivity contribution in [3.8, 4) is 0 Å². The third-order valence-corrected chi connectivity index (χ3v) is 5.36. The van der Waals surface area contributed by atoms with Crippen LogP contribution in [0.25, 0.3) is 0 Å². The van der Waals surface area contributed by atoms with Crippen LogP contribution in [-0.2, 0) is 19.2 Å². The van der Waals surface area contributed by atoms with Crippen LogP contribution < -0.4 is 0 Å². The zero-order valence-electron chi connectivity index (χ0n) is 13.5. The number of hydrogen-bond acceptors (Lipinski definition) is 4. The van der Waals surface area contributed by atoms with Gasteiger partial charge in [-0.1, -0.05) is 0 Å². The third kappa shape index (κ3) is 2.44. The van der Waals surface area contributed by atoms with E-state index in [0.29, 0.717) is 19.3 Å². The largest absolute Gasteiger partial charge is 0.325 e. The van der Waals surface area contributed by atoms with Gasteiger partial charge in [-0.25, -0.2) is 0 Å². The molecule has 2 fully saturated rings. The number of amides is 2. The summed E-state index contributed by atoms with van der Waals surface area (Å²) in [4.78, 5) is 51.8. The minimum Gasteiger partial charge on any atom is -0.325 e. The predicted molar refractivity (Wildman–Crippen MR) is 79.7 cm³/mol. The highest BCUT2D eigenvalue weighted by atomic mass is 16.2. The summed E-state index contributed by atoms with van der Waals surface area (Å²) in [5.41, 5.74) is -1.26. The fraction of sp³-hybridized carbons (Fsp3) is 0.750. The van der Waals surface area contributed by atoms with Gasteiger partial charge in [0.25, 0.3) is 0 Å². The molecule has 1 aliphatic heterocycles. The maximum atomic E-state index is 13.0. The van der Waals surface area contributed by atoms with E-state index >= 15 is 0 Å². The second-order valence-corrected chi connectivity index (χ2v) is 6.47. The summed E-state index contributed by atoms with van der Waals surface area (Å²) >= 11 is 0. The van der Waals surface area contributed by atoms with Crippen molar-refractivity contribution in [3.05, 3.63) is 0 Å². The number of hydrogen-bond donors (Lipinski definition) is 0. The Kier molecular flexibility index (Phi) is 4.68. The monoisotopic (exact) mass is 308 g/mol. The molecular formula is C16H24N2O4. The Morgan fingerprint density at radius 1 is 1.18 bits per heavy atom. The van der Waals surface area contributed by atoms with Gasteiger partial charge in [-0.3, -0.25) is 14.4 Å². The molecule has 0 radical (unpaired) electrons. The van der Waals surface area contributed by atoms with Crippen molar-refractivity contribution in [2.24, 2.45) is 11.3 Å². The molecule has 1 saturated carbocycles. The molecule has 0 aromatic rings. The fourth-order valence-corrected chi connectivity index (χ4v) is 3.82. The van der Waals surface area contributed by atoms with Crippen molar-refractivity contribution in [2.75, 3.05) is 14.1 Å². The van der Waals surface area contributed by atoms with Gasteiger partial charge in [0.15, 0.2) is 0 Å². The van der Waals surface area contributed by atoms with E-state index in [0.717, 1.165) is 6.29 Å². The van der Waals surface area contributed by atoms with Crippen LogP contribution in [0.2, 0.25) is 0 Å². The zero-order chi connectivity index (χ0) is 16.5. The zero-order valence-corrected chi connectivity index (χ0v) is 13.5. The highest BCUT2D eigenvalue weighted by Crippen LogP contribution is 2.46. The predicted octanol–water partition coefficient (Wildman–Crippen LogP) is 0.988. The number of carbonyl (C=O) groups is 4. The average Bonchev–Trinajstić information content (AvgIpc) is 2.51. The highest BCUT2D eigenvalue weighted by Gasteiger charge is 2.58. The molecular weight excluding hydrogens is 284 g/mol. The van der Waals surface area contributed by atoms with Gasteiger partial charge in [-0.05, 0) is 32.1 Å². The molecule has 1 aliphatic carbocycles. The van der Waals surface area contributed by atoms with E-state index < -0.39 is 5.41 Å². The summed E-state index contributed by atoms with van der Waals surface area (Å²) in [7, 11) is 3.35. The highest BCUT2D eigenvalue weighted by molar-refractivity contribution is 6.08. The number of ketones is 1. The molecule has 0 spiro atoms. The normalized spacial score (nSPS) is 33.3. The first-order valence-corrected chi connectivity index (χ1v) is 7.86. The summed E-state index contributed by atoms with van der Waals surface area (Å²) in [6, 6.07) is 0. The van der Waals surface area contributed by atoms with Crippen LogP contribution in [0.1, 0.15) is 45.4 Å². The van der Waals surface area contributed by atoms with Crippen LogP contribution in [0, 0.1) is 11.3 Å². The van der Waals surface area contributed by atoms with Crippen molar-refractivity contribution in [1.82, 2.24) is 9.80 Å². The lowest BCUT2D eigenvalue weighted by Crippen LogP contribution is -2.67. The Morgan fingerprint density at radius 3 is 2.27 bits per heavy atom. The molecule has 22 heavy (non-hydrogen) atoms. The average molecular weight is 308 g/mol. The summed E-state index contributed by atoms with van der Waals surface area (Å²) in [6.07, 6.45) is 2.92. The van der Waals surface area contributed by atoms with E-state index in [-0.39, 0.29) is 48.9 Å². The number of carbonyl (C=O) groups excluding carboxylic acids is 4. The standard InChI is InChI=1S/C16H24N2O4/c1-11-17(2)14(21)16(8-5-9-19,15(22)18(11)3)12-6-4-7-13(20)10-12/h9,11-12H,4-8,10H2,1-3H3. The number of aldehydes is 1. The maximum Gasteiger partial charge on any atom is 0.239 e. The first kappa shape index (κ1) is 16.6. The van der Waals surface area contributed by atoms with Crippen LogP contribution in [0.3, 0.4) is 0 Å². The Balaban J connectivity index is 2.46. The molecule has 0 aromatic carbocycles. The van der Waals surface area contributed by atoms with Gasteiger partial charge < -0.3 is 14.6 Å². The molecule has 6 nitrogen and oxygen atoms in total. The molecule has 1 heterocycles. The second kappa shape index (κ2) is 6.18. The van der Waals surface area contributed by atoms with Crippen molar-refractivity contribution >= 4 is 23.9 Å². The number of nitrogens with zero attached hydrogens (tertiary/aromatic N) is 2. The van der Waals surface area contributed by atoms with Crippen LogP contribution in [0.4, 0.5) is 0 Å². The van der Waals surface area contributed by atoms with E-state index in [1.165, 1.54) is 0 Å². The summed E-state index contributed by atoms with van der Waals surface area (Å²) in [6.45, 7) is 1.80. The van der Waals surface area contributed by atoms with Crippen LogP contribution in [-0.4, -0.2) is 53.9 Å². The Bertz CT molecular complexity index is 480. The van der Waals surface area contributed by atoms with E-state index in [9.17, 15) is 19.2 Å². The minimum atomic E-state index is -1.26. The maximum absolute atomic E-state index is 13.0. The van der Waals surface area contributed by atoms with Gasteiger partial charge in [0.05, 0.1) is 0 Å². The molecule has 6 heteroatoms. The van der Waals surface area contributed by atoms with Crippen molar-refractivity contribution < 1.29 is 19.2 Å². The molecule has 2 amide bonds. The van der Waals surface area contributed by atoms with Gasteiger partial charge in [0.2, 0.25) is 11.8 Å². The summed E-state index contributed by atoms with van der Waals surface area (Å²) < 4.78 is 0. The van der Waals surface area contributed by atoms with Gasteiger partial charge >= 0.3 is 0 Å². The molecule has 1 unspecified atom stereocenters. The Hall–Kier alpha value is -1.72. The smallest absolute Gasteiger partial charge is 0.239 e. The lowest BCUT2D eigenvalue weighted by Gasteiger charge is -2.51. The molecule has 2 aliphatic rings. The van der Waals surface area contributed by atoms with Crippen molar-refractivity contribution in [2.45, 2.75) is 51.6 Å². The Labute approximate surface area is 130 Å². The van der Waals surface area contributed by atoms with Gasteiger partial charge in [0, 0.05) is 33.4 Å². The van der Waals surface area contributed by atoms with Crippen molar-refractivity contribution in [3.63, 3.8) is 0 Å². The lowest BCUT2D eigenvalue weighted by molar-refractivity contribution is -0.178. The molecule has 1 atom stereocenters. The SMILES string of the molecule is CC1N(C)C(=O)C(CCC=O)(C2CCCC(=O)C2)C(=O)N1C. The van der Waals surface area contributed by atoms with Gasteiger partial charge in [0.1, 0.15) is 23.7 Å². The van der Waals surface area contributed by atoms with E-state index in [1.54, 1.807) is 30.8 Å². The van der Waals surface area contributed by atoms with Crippen LogP contribution in [0.15, 0.2) is 0 Å². The van der Waals surface area contributed by atoms with Crippen molar-refractivity contribution in [1.29, 1.82) is 0 Å². The topological polar surface area (TPSA) is 74.8 Å². The van der Waals surface area contributed by atoms with Crippen LogP contribution in [0.5, 0.6) is 0 Å². The first-order chi connectivity index (χ1) is 10.4. The molecule has 0 aromatic heterocycles. The van der Waals surface area contributed by atoms with Gasteiger partial charge in [-0.15, -0.1) is 0 Å².